The van der Waals surface area contributed by atoms with E-state index >= 15 is 0 Å². The highest BCUT2D eigenvalue weighted by Gasteiger charge is 2.46. The first kappa shape index (κ1) is 20.7. The van der Waals surface area contributed by atoms with E-state index in [0.29, 0.717) is 11.5 Å². The molecule has 0 aliphatic carbocycles. The van der Waals surface area contributed by atoms with E-state index in [9.17, 15) is 20.4 Å². The zero-order valence-corrected chi connectivity index (χ0v) is 16.3. The largest absolute Gasteiger partial charge is 0.388 e. The molecule has 1 heterocycles. The maximum absolute atomic E-state index is 10.4. The number of hydrogen-bond donors (Lipinski definition) is 4. The standard InChI is InChI=1S/C20H24O5S2/c21-15-16(22)18(25-19(24)17(15)23)20(26-11-13-7-3-1-4-8-13)27-12-14-9-5-2-6-10-14/h1-10,15-24H,11-12H2/t15-,16-,17+,18-,19-/m0/s1. The maximum Gasteiger partial charge on any atom is 0.184 e. The Kier molecular flexibility index (Phi) is 7.60. The van der Waals surface area contributed by atoms with Crippen molar-refractivity contribution in [2.75, 3.05) is 0 Å². The van der Waals surface area contributed by atoms with Crippen molar-refractivity contribution in [1.29, 1.82) is 0 Å². The molecule has 1 aliphatic rings. The summed E-state index contributed by atoms with van der Waals surface area (Å²) in [4.78, 5) is 0. The summed E-state index contributed by atoms with van der Waals surface area (Å²) < 4.78 is 5.24. The van der Waals surface area contributed by atoms with Gasteiger partial charge < -0.3 is 25.2 Å². The number of aliphatic hydroxyl groups excluding tert-OH is 4. The fraction of sp³-hybridized carbons (Fsp3) is 0.400. The van der Waals surface area contributed by atoms with Gasteiger partial charge in [0.1, 0.15) is 24.4 Å². The van der Waals surface area contributed by atoms with Gasteiger partial charge in [-0.2, -0.15) is 0 Å². The fourth-order valence-corrected chi connectivity index (χ4v) is 5.58. The molecule has 1 fully saturated rings. The molecule has 1 saturated heterocycles. The van der Waals surface area contributed by atoms with Gasteiger partial charge in [0.2, 0.25) is 0 Å². The summed E-state index contributed by atoms with van der Waals surface area (Å²) in [7, 11) is 0. The van der Waals surface area contributed by atoms with Crippen LogP contribution in [-0.2, 0) is 16.2 Å². The molecule has 0 bridgehead atoms. The molecule has 0 spiro atoms. The third-order valence-corrected chi connectivity index (χ3v) is 7.42. The van der Waals surface area contributed by atoms with Crippen LogP contribution in [0, 0.1) is 0 Å². The molecule has 0 amide bonds. The van der Waals surface area contributed by atoms with E-state index in [-0.39, 0.29) is 4.58 Å². The number of thioether (sulfide) groups is 2. The Morgan fingerprint density at radius 2 is 1.19 bits per heavy atom. The van der Waals surface area contributed by atoms with Crippen LogP contribution in [0.2, 0.25) is 0 Å². The summed E-state index contributed by atoms with van der Waals surface area (Å²) in [5, 5.41) is 40.1. The van der Waals surface area contributed by atoms with Gasteiger partial charge in [-0.1, -0.05) is 60.7 Å². The second-order valence-electron chi connectivity index (χ2n) is 6.42. The number of ether oxygens (including phenoxy) is 1. The monoisotopic (exact) mass is 408 g/mol. The van der Waals surface area contributed by atoms with E-state index in [1.165, 1.54) is 0 Å². The van der Waals surface area contributed by atoms with E-state index < -0.39 is 30.7 Å². The Balaban J connectivity index is 1.71. The first-order valence-electron chi connectivity index (χ1n) is 8.75. The number of hydrogen-bond acceptors (Lipinski definition) is 7. The van der Waals surface area contributed by atoms with Crippen LogP contribution in [0.15, 0.2) is 60.7 Å². The van der Waals surface area contributed by atoms with Gasteiger partial charge in [-0.25, -0.2) is 0 Å². The van der Waals surface area contributed by atoms with E-state index in [1.54, 1.807) is 23.5 Å². The van der Waals surface area contributed by atoms with Gasteiger partial charge >= 0.3 is 0 Å². The number of rotatable bonds is 7. The van der Waals surface area contributed by atoms with Crippen molar-refractivity contribution in [3.05, 3.63) is 71.8 Å². The second kappa shape index (κ2) is 9.93. The number of aliphatic hydroxyl groups is 4. The van der Waals surface area contributed by atoms with Crippen LogP contribution < -0.4 is 0 Å². The van der Waals surface area contributed by atoms with Crippen LogP contribution in [0.5, 0.6) is 0 Å². The van der Waals surface area contributed by atoms with Gasteiger partial charge in [0.05, 0.1) is 4.58 Å². The highest BCUT2D eigenvalue weighted by Crippen LogP contribution is 2.37. The molecule has 7 heteroatoms. The molecule has 0 radical (unpaired) electrons. The maximum atomic E-state index is 10.4. The first-order chi connectivity index (χ1) is 13.1. The zero-order chi connectivity index (χ0) is 19.2. The van der Waals surface area contributed by atoms with E-state index in [0.717, 1.165) is 11.1 Å². The second-order valence-corrected chi connectivity index (χ2v) is 8.98. The van der Waals surface area contributed by atoms with Crippen molar-refractivity contribution >= 4 is 23.5 Å². The summed E-state index contributed by atoms with van der Waals surface area (Å²) in [6, 6.07) is 19.9. The van der Waals surface area contributed by atoms with Crippen molar-refractivity contribution < 1.29 is 25.2 Å². The minimum atomic E-state index is -1.52. The molecule has 1 aliphatic heterocycles. The van der Waals surface area contributed by atoms with Crippen molar-refractivity contribution in [3.8, 4) is 0 Å². The topological polar surface area (TPSA) is 90.2 Å². The third kappa shape index (κ3) is 5.48. The van der Waals surface area contributed by atoms with Crippen LogP contribution >= 0.6 is 23.5 Å². The molecule has 5 atom stereocenters. The highest BCUT2D eigenvalue weighted by molar-refractivity contribution is 8.16. The molecule has 4 N–H and O–H groups in total. The van der Waals surface area contributed by atoms with Gasteiger partial charge in [-0.15, -0.1) is 23.5 Å². The lowest BCUT2D eigenvalue weighted by molar-refractivity contribution is -0.278. The van der Waals surface area contributed by atoms with Crippen LogP contribution in [0.4, 0.5) is 0 Å². The third-order valence-electron chi connectivity index (χ3n) is 4.41. The lowest BCUT2D eigenvalue weighted by Crippen LogP contribution is -2.59. The molecule has 0 aromatic heterocycles. The van der Waals surface area contributed by atoms with Gasteiger partial charge in [0.15, 0.2) is 6.29 Å². The summed E-state index contributed by atoms with van der Waals surface area (Å²) in [5.41, 5.74) is 2.28. The Hall–Kier alpha value is -1.06. The molecule has 146 valence electrons. The van der Waals surface area contributed by atoms with E-state index in [2.05, 4.69) is 0 Å². The van der Waals surface area contributed by atoms with E-state index in [4.69, 9.17) is 4.74 Å². The molecule has 2 aromatic carbocycles. The Labute approximate surface area is 167 Å². The van der Waals surface area contributed by atoms with Crippen LogP contribution in [0.3, 0.4) is 0 Å². The fourth-order valence-electron chi connectivity index (χ4n) is 2.86. The molecule has 5 nitrogen and oxygen atoms in total. The normalized spacial score (nSPS) is 28.4. The summed E-state index contributed by atoms with van der Waals surface area (Å²) in [6.07, 6.45) is -6.57. The molecular formula is C20H24O5S2. The molecular weight excluding hydrogens is 384 g/mol. The van der Waals surface area contributed by atoms with Crippen molar-refractivity contribution in [2.45, 2.75) is 46.8 Å². The van der Waals surface area contributed by atoms with Crippen LogP contribution in [0.25, 0.3) is 0 Å². The minimum absolute atomic E-state index is 0.239. The molecule has 0 unspecified atom stereocenters. The number of benzene rings is 2. The summed E-state index contributed by atoms with van der Waals surface area (Å²) in [6.45, 7) is 0. The van der Waals surface area contributed by atoms with Gasteiger partial charge in [-0.3, -0.25) is 0 Å². The van der Waals surface area contributed by atoms with Crippen LogP contribution in [0.1, 0.15) is 11.1 Å². The predicted molar refractivity (Wildman–Crippen MR) is 108 cm³/mol. The first-order valence-corrected chi connectivity index (χ1v) is 10.8. The zero-order valence-electron chi connectivity index (χ0n) is 14.7. The molecule has 2 aromatic rings. The predicted octanol–water partition coefficient (Wildman–Crippen LogP) is 1.98. The van der Waals surface area contributed by atoms with Crippen LogP contribution in [-0.4, -0.2) is 55.7 Å². The molecule has 27 heavy (non-hydrogen) atoms. The molecule has 0 saturated carbocycles. The summed E-state index contributed by atoms with van der Waals surface area (Å²) in [5.74, 6) is 1.41. The lowest BCUT2D eigenvalue weighted by atomic mass is 10.00. The SMILES string of the molecule is O[C@@H]1[C@@H](O)[C@@H](O)O[C@H](C(SCc2ccccc2)SCc2ccccc2)[C@H]1O. The Morgan fingerprint density at radius 3 is 1.67 bits per heavy atom. The molecule has 3 rings (SSSR count). The Bertz CT molecular complexity index is 644. The lowest BCUT2D eigenvalue weighted by Gasteiger charge is -2.41. The summed E-state index contributed by atoms with van der Waals surface area (Å²) >= 11 is 3.17. The average molecular weight is 409 g/mol. The quantitative estimate of drug-likeness (QED) is 0.521. The highest BCUT2D eigenvalue weighted by atomic mass is 32.2. The van der Waals surface area contributed by atoms with Crippen molar-refractivity contribution in [2.24, 2.45) is 0 Å². The van der Waals surface area contributed by atoms with E-state index in [1.807, 2.05) is 60.7 Å². The smallest absolute Gasteiger partial charge is 0.184 e. The van der Waals surface area contributed by atoms with Crippen molar-refractivity contribution in [1.82, 2.24) is 0 Å². The van der Waals surface area contributed by atoms with Gasteiger partial charge in [0.25, 0.3) is 0 Å². The van der Waals surface area contributed by atoms with Gasteiger partial charge in [-0.05, 0) is 11.1 Å². The average Bonchev–Trinajstić information content (AvgIpc) is 2.71. The Morgan fingerprint density at radius 1 is 0.704 bits per heavy atom. The van der Waals surface area contributed by atoms with Gasteiger partial charge in [0, 0.05) is 11.5 Å². The van der Waals surface area contributed by atoms with Crippen molar-refractivity contribution in [3.63, 3.8) is 0 Å². The minimum Gasteiger partial charge on any atom is -0.388 e.